The summed E-state index contributed by atoms with van der Waals surface area (Å²) >= 11 is 0. The third-order valence-corrected chi connectivity index (χ3v) is 3.24. The first kappa shape index (κ1) is 17.5. The molecule has 0 aliphatic rings. The van der Waals surface area contributed by atoms with Gasteiger partial charge in [0.25, 0.3) is 11.7 Å². The lowest BCUT2D eigenvalue weighted by Gasteiger charge is -2.23. The van der Waals surface area contributed by atoms with Crippen LogP contribution in [-0.4, -0.2) is 48.0 Å². The van der Waals surface area contributed by atoms with E-state index in [0.29, 0.717) is 5.56 Å². The summed E-state index contributed by atoms with van der Waals surface area (Å²) in [5, 5.41) is 8.51. The quantitative estimate of drug-likeness (QED) is 0.797. The molecule has 2 rings (SSSR count). The molecular weight excluding hydrogens is 317 g/mol. The summed E-state index contributed by atoms with van der Waals surface area (Å²) in [7, 11) is 4.87. The molecule has 9 heteroatoms. The molecule has 2 aromatic rings. The maximum atomic E-state index is 13.4. The van der Waals surface area contributed by atoms with Gasteiger partial charge in [-0.1, -0.05) is 17.3 Å². The SMILES string of the molecule is CNC(=O)c1noc(CNC(=O)C(c2cccc(F)c2)N(C)C)n1. The summed E-state index contributed by atoms with van der Waals surface area (Å²) in [5.41, 5.74) is 0.522. The molecule has 1 atom stereocenters. The lowest BCUT2D eigenvalue weighted by atomic mass is 10.1. The van der Waals surface area contributed by atoms with Crippen molar-refractivity contribution in [2.75, 3.05) is 21.1 Å². The van der Waals surface area contributed by atoms with Gasteiger partial charge in [-0.25, -0.2) is 4.39 Å². The van der Waals surface area contributed by atoms with Crippen LogP contribution >= 0.6 is 0 Å². The number of benzene rings is 1. The molecule has 1 heterocycles. The molecule has 0 radical (unpaired) electrons. The monoisotopic (exact) mass is 335 g/mol. The van der Waals surface area contributed by atoms with Crippen molar-refractivity contribution in [1.82, 2.24) is 25.7 Å². The summed E-state index contributed by atoms with van der Waals surface area (Å²) in [4.78, 5) is 29.3. The average molecular weight is 335 g/mol. The fraction of sp³-hybridized carbons (Fsp3) is 0.333. The number of nitrogens with one attached hydrogen (secondary N) is 2. The highest BCUT2D eigenvalue weighted by atomic mass is 19.1. The summed E-state index contributed by atoms with van der Waals surface area (Å²) in [6, 6.07) is 5.15. The highest BCUT2D eigenvalue weighted by Crippen LogP contribution is 2.19. The number of amides is 2. The smallest absolute Gasteiger partial charge is 0.292 e. The number of carbonyl (C=O) groups is 2. The van der Waals surface area contributed by atoms with Crippen molar-refractivity contribution < 1.29 is 18.5 Å². The number of nitrogens with zero attached hydrogens (tertiary/aromatic N) is 3. The first-order valence-electron chi connectivity index (χ1n) is 7.16. The fourth-order valence-corrected chi connectivity index (χ4v) is 2.15. The van der Waals surface area contributed by atoms with Crippen molar-refractivity contribution in [2.24, 2.45) is 0 Å². The Balaban J connectivity index is 2.06. The first-order chi connectivity index (χ1) is 11.4. The maximum Gasteiger partial charge on any atom is 0.292 e. The second-order valence-corrected chi connectivity index (χ2v) is 5.23. The average Bonchev–Trinajstić information content (AvgIpc) is 3.01. The van der Waals surface area contributed by atoms with Gasteiger partial charge in [0.15, 0.2) is 0 Å². The van der Waals surface area contributed by atoms with E-state index in [4.69, 9.17) is 4.52 Å². The van der Waals surface area contributed by atoms with Gasteiger partial charge in [-0.2, -0.15) is 4.98 Å². The van der Waals surface area contributed by atoms with Gasteiger partial charge in [-0.15, -0.1) is 0 Å². The van der Waals surface area contributed by atoms with Crippen molar-refractivity contribution in [2.45, 2.75) is 12.6 Å². The Bertz CT molecular complexity index is 731. The molecular formula is C15H18FN5O3. The Labute approximate surface area is 138 Å². The number of aromatic nitrogens is 2. The third-order valence-electron chi connectivity index (χ3n) is 3.24. The zero-order chi connectivity index (χ0) is 17.7. The van der Waals surface area contributed by atoms with Crippen molar-refractivity contribution in [1.29, 1.82) is 0 Å². The Morgan fingerprint density at radius 1 is 1.38 bits per heavy atom. The maximum absolute atomic E-state index is 13.4. The molecule has 1 unspecified atom stereocenters. The molecule has 0 spiro atoms. The molecule has 0 fully saturated rings. The number of carbonyl (C=O) groups excluding carboxylic acids is 2. The third kappa shape index (κ3) is 4.13. The van der Waals surface area contributed by atoms with Crippen molar-refractivity contribution in [3.8, 4) is 0 Å². The zero-order valence-electron chi connectivity index (χ0n) is 13.5. The number of likely N-dealkylation sites (N-methyl/N-ethyl adjacent to an activating group) is 1. The molecule has 128 valence electrons. The lowest BCUT2D eigenvalue weighted by Crippen LogP contribution is -2.36. The Morgan fingerprint density at radius 3 is 2.75 bits per heavy atom. The van der Waals surface area contributed by atoms with Crippen LogP contribution in [0.1, 0.15) is 28.1 Å². The van der Waals surface area contributed by atoms with Crippen LogP contribution in [0.5, 0.6) is 0 Å². The molecule has 1 aromatic carbocycles. The van der Waals surface area contributed by atoms with Gasteiger partial charge in [0.05, 0.1) is 6.54 Å². The lowest BCUT2D eigenvalue weighted by molar-refractivity contribution is -0.126. The summed E-state index contributed by atoms with van der Waals surface area (Å²) in [5.74, 6) is -1.28. The van der Waals surface area contributed by atoms with Crippen LogP contribution in [0.15, 0.2) is 28.8 Å². The molecule has 0 bridgehead atoms. The normalized spacial score (nSPS) is 12.0. The molecule has 24 heavy (non-hydrogen) atoms. The van der Waals surface area contributed by atoms with E-state index in [1.807, 2.05) is 0 Å². The van der Waals surface area contributed by atoms with Gasteiger partial charge in [-0.05, 0) is 31.8 Å². The van der Waals surface area contributed by atoms with Crippen molar-refractivity contribution >= 4 is 11.8 Å². The number of hydrogen-bond acceptors (Lipinski definition) is 6. The van der Waals surface area contributed by atoms with Crippen LogP contribution in [0.3, 0.4) is 0 Å². The van der Waals surface area contributed by atoms with Crippen LogP contribution in [0.2, 0.25) is 0 Å². The van der Waals surface area contributed by atoms with E-state index >= 15 is 0 Å². The predicted octanol–water partition coefficient (Wildman–Crippen LogP) is 0.487. The van der Waals surface area contributed by atoms with Gasteiger partial charge in [0.2, 0.25) is 11.8 Å². The van der Waals surface area contributed by atoms with Crippen LogP contribution < -0.4 is 10.6 Å². The van der Waals surface area contributed by atoms with E-state index in [9.17, 15) is 14.0 Å². The second-order valence-electron chi connectivity index (χ2n) is 5.23. The minimum absolute atomic E-state index is 0.0392. The first-order valence-corrected chi connectivity index (χ1v) is 7.16. The fourth-order valence-electron chi connectivity index (χ4n) is 2.15. The highest BCUT2D eigenvalue weighted by molar-refractivity contribution is 5.89. The molecule has 2 N–H and O–H groups in total. The molecule has 0 saturated heterocycles. The summed E-state index contributed by atoms with van der Waals surface area (Å²) < 4.78 is 18.3. The zero-order valence-corrected chi connectivity index (χ0v) is 13.5. The van der Waals surface area contributed by atoms with E-state index in [1.54, 1.807) is 31.1 Å². The van der Waals surface area contributed by atoms with E-state index in [2.05, 4.69) is 20.8 Å². The Kier molecular flexibility index (Phi) is 5.59. The summed E-state index contributed by atoms with van der Waals surface area (Å²) in [6.07, 6.45) is 0. The van der Waals surface area contributed by atoms with Crippen LogP contribution in [0.4, 0.5) is 4.39 Å². The van der Waals surface area contributed by atoms with Crippen LogP contribution in [0, 0.1) is 5.82 Å². The minimum Gasteiger partial charge on any atom is -0.352 e. The van der Waals surface area contributed by atoms with Crippen molar-refractivity contribution in [3.05, 3.63) is 47.4 Å². The van der Waals surface area contributed by atoms with Gasteiger partial charge < -0.3 is 15.2 Å². The number of rotatable bonds is 6. The molecule has 1 aromatic heterocycles. The van der Waals surface area contributed by atoms with Crippen LogP contribution in [-0.2, 0) is 11.3 Å². The number of hydrogen-bond donors (Lipinski definition) is 2. The van der Waals surface area contributed by atoms with E-state index in [1.165, 1.54) is 19.2 Å². The van der Waals surface area contributed by atoms with E-state index in [-0.39, 0.29) is 24.2 Å². The molecule has 2 amide bonds. The van der Waals surface area contributed by atoms with Gasteiger partial charge >= 0.3 is 0 Å². The Morgan fingerprint density at radius 2 is 2.12 bits per heavy atom. The van der Waals surface area contributed by atoms with Crippen LogP contribution in [0.25, 0.3) is 0 Å². The van der Waals surface area contributed by atoms with Gasteiger partial charge in [-0.3, -0.25) is 14.5 Å². The number of halogens is 1. The second kappa shape index (κ2) is 7.64. The summed E-state index contributed by atoms with van der Waals surface area (Å²) in [6.45, 7) is -0.0392. The Hall–Kier alpha value is -2.81. The molecule has 0 aliphatic heterocycles. The van der Waals surface area contributed by atoms with E-state index in [0.717, 1.165) is 0 Å². The molecule has 0 aliphatic carbocycles. The highest BCUT2D eigenvalue weighted by Gasteiger charge is 2.24. The van der Waals surface area contributed by atoms with Gasteiger partial charge in [0.1, 0.15) is 11.9 Å². The van der Waals surface area contributed by atoms with Crippen molar-refractivity contribution in [3.63, 3.8) is 0 Å². The predicted molar refractivity (Wildman–Crippen MR) is 82.4 cm³/mol. The minimum atomic E-state index is -0.679. The standard InChI is InChI=1S/C15H18FN5O3/c1-17-15(23)13-19-11(24-20-13)8-18-14(22)12(21(2)3)9-5-4-6-10(16)7-9/h4-7,12H,8H2,1-3H3,(H,17,23)(H,18,22). The molecule has 8 nitrogen and oxygen atoms in total. The van der Waals surface area contributed by atoms with E-state index < -0.39 is 17.8 Å². The van der Waals surface area contributed by atoms with Gasteiger partial charge in [0, 0.05) is 7.05 Å². The molecule has 0 saturated carbocycles. The largest absolute Gasteiger partial charge is 0.352 e. The topological polar surface area (TPSA) is 100 Å².